The second-order valence-electron chi connectivity index (χ2n) is 6.78. The molecule has 0 aliphatic carbocycles. The molecule has 0 aliphatic heterocycles. The number of halogens is 1. The van der Waals surface area contributed by atoms with Crippen molar-refractivity contribution in [2.75, 3.05) is 0 Å². The minimum atomic E-state index is -0.546. The van der Waals surface area contributed by atoms with Crippen molar-refractivity contribution in [2.45, 2.75) is 19.0 Å². The molecule has 0 bridgehead atoms. The summed E-state index contributed by atoms with van der Waals surface area (Å²) in [7, 11) is 0. The van der Waals surface area contributed by atoms with E-state index in [4.69, 9.17) is 16.0 Å². The van der Waals surface area contributed by atoms with Crippen LogP contribution in [0.25, 0.3) is 11.1 Å². The molecular weight excluding hydrogens is 388 g/mol. The molecule has 0 aliphatic rings. The molecule has 4 aromatic rings. The Bertz CT molecular complexity index is 1180. The maximum atomic E-state index is 12.8. The van der Waals surface area contributed by atoms with Gasteiger partial charge in [-0.2, -0.15) is 0 Å². The molecule has 6 heteroatoms. The molecule has 1 unspecified atom stereocenters. The molecule has 0 fully saturated rings. The van der Waals surface area contributed by atoms with Gasteiger partial charge in [-0.05, 0) is 41.8 Å². The van der Waals surface area contributed by atoms with Gasteiger partial charge in [-0.15, -0.1) is 0 Å². The highest BCUT2D eigenvalue weighted by Gasteiger charge is 2.18. The first-order valence-electron chi connectivity index (χ1n) is 9.27. The van der Waals surface area contributed by atoms with Crippen LogP contribution in [-0.2, 0) is 17.8 Å². The normalized spacial score (nSPS) is 12.0. The summed E-state index contributed by atoms with van der Waals surface area (Å²) < 4.78 is 6.55. The molecule has 1 atom stereocenters. The summed E-state index contributed by atoms with van der Waals surface area (Å²) in [5.74, 6) is -0.809. The first kappa shape index (κ1) is 19.0. The van der Waals surface area contributed by atoms with Crippen molar-refractivity contribution < 1.29 is 9.21 Å². The Hall–Kier alpha value is -3.31. The van der Waals surface area contributed by atoms with Gasteiger partial charge in [0.2, 0.25) is 5.91 Å². The van der Waals surface area contributed by atoms with Crippen LogP contribution in [0.2, 0.25) is 5.02 Å². The van der Waals surface area contributed by atoms with Crippen LogP contribution in [0, 0.1) is 0 Å². The molecule has 146 valence electrons. The number of aromatic nitrogens is 1. The van der Waals surface area contributed by atoms with E-state index in [1.54, 1.807) is 24.3 Å². The molecular formula is C23H19ClN2O3. The van der Waals surface area contributed by atoms with E-state index in [0.717, 1.165) is 11.1 Å². The van der Waals surface area contributed by atoms with Gasteiger partial charge in [-0.1, -0.05) is 66.2 Å². The third-order valence-electron chi connectivity index (χ3n) is 4.77. The number of nitrogens with one attached hydrogen (secondary N) is 1. The lowest BCUT2D eigenvalue weighted by atomic mass is 9.99. The lowest BCUT2D eigenvalue weighted by Gasteiger charge is -2.20. The zero-order valence-electron chi connectivity index (χ0n) is 15.5. The van der Waals surface area contributed by atoms with E-state index >= 15 is 0 Å². The fraction of sp³-hybridized carbons (Fsp3) is 0.130. The molecule has 3 aromatic carbocycles. The lowest BCUT2D eigenvalue weighted by Crippen LogP contribution is -2.34. The van der Waals surface area contributed by atoms with Gasteiger partial charge in [-0.3, -0.25) is 9.36 Å². The first-order chi connectivity index (χ1) is 14.1. The number of hydrogen-bond donors (Lipinski definition) is 1. The van der Waals surface area contributed by atoms with Crippen LogP contribution in [-0.4, -0.2) is 10.5 Å². The molecule has 0 radical (unpaired) electrons. The molecule has 1 N–H and O–H groups in total. The number of oxazole rings is 1. The third kappa shape index (κ3) is 4.41. The maximum Gasteiger partial charge on any atom is 0.420 e. The number of amides is 1. The summed E-state index contributed by atoms with van der Waals surface area (Å²) in [4.78, 5) is 25.0. The van der Waals surface area contributed by atoms with E-state index in [1.165, 1.54) is 4.57 Å². The van der Waals surface area contributed by atoms with Crippen LogP contribution in [0.5, 0.6) is 0 Å². The molecule has 4 rings (SSSR count). The molecule has 0 saturated carbocycles. The van der Waals surface area contributed by atoms with Crippen molar-refractivity contribution in [3.63, 3.8) is 0 Å². The molecule has 1 amide bonds. The van der Waals surface area contributed by atoms with E-state index in [1.807, 2.05) is 54.6 Å². The van der Waals surface area contributed by atoms with Crippen LogP contribution >= 0.6 is 11.6 Å². The number of para-hydroxylation sites is 2. The number of carbonyl (C=O) groups is 1. The zero-order chi connectivity index (χ0) is 20.2. The fourth-order valence-corrected chi connectivity index (χ4v) is 3.47. The van der Waals surface area contributed by atoms with E-state index in [9.17, 15) is 9.59 Å². The Morgan fingerprint density at radius 1 is 0.966 bits per heavy atom. The minimum absolute atomic E-state index is 0.111. The molecule has 5 nitrogen and oxygen atoms in total. The summed E-state index contributed by atoms with van der Waals surface area (Å²) in [6, 6.07) is 24.1. The number of benzene rings is 3. The highest BCUT2D eigenvalue weighted by Crippen LogP contribution is 2.20. The number of nitrogens with zero attached hydrogens (tertiary/aromatic N) is 1. The van der Waals surface area contributed by atoms with E-state index in [2.05, 4.69) is 5.32 Å². The Balaban J connectivity index is 1.56. The summed E-state index contributed by atoms with van der Waals surface area (Å²) in [6.45, 7) is -0.111. The van der Waals surface area contributed by atoms with E-state index < -0.39 is 5.76 Å². The van der Waals surface area contributed by atoms with Crippen LogP contribution in [0.3, 0.4) is 0 Å². The minimum Gasteiger partial charge on any atom is -0.408 e. The molecule has 0 spiro atoms. The smallest absolute Gasteiger partial charge is 0.408 e. The van der Waals surface area contributed by atoms with Crippen molar-refractivity contribution in [1.82, 2.24) is 9.88 Å². The standard InChI is InChI=1S/C23H19ClN2O3/c24-18-12-10-16(11-13-18)14-19(17-6-2-1-3-7-17)25-22(27)15-26-20-8-4-5-9-21(20)29-23(26)28/h1-13,19H,14-15H2,(H,25,27). The number of hydrogen-bond acceptors (Lipinski definition) is 3. The quantitative estimate of drug-likeness (QED) is 0.517. The first-order valence-corrected chi connectivity index (χ1v) is 9.65. The summed E-state index contributed by atoms with van der Waals surface area (Å²) in [6.07, 6.45) is 0.605. The monoisotopic (exact) mass is 406 g/mol. The molecule has 29 heavy (non-hydrogen) atoms. The van der Waals surface area contributed by atoms with Gasteiger partial charge in [-0.25, -0.2) is 4.79 Å². The Morgan fingerprint density at radius 2 is 1.66 bits per heavy atom. The highest BCUT2D eigenvalue weighted by atomic mass is 35.5. The molecule has 1 heterocycles. The van der Waals surface area contributed by atoms with Crippen LogP contribution in [0.1, 0.15) is 17.2 Å². The SMILES string of the molecule is O=C(Cn1c(=O)oc2ccccc21)NC(Cc1ccc(Cl)cc1)c1ccccc1. The summed E-state index contributed by atoms with van der Waals surface area (Å²) in [5.41, 5.74) is 3.10. The van der Waals surface area contributed by atoms with E-state index in [-0.39, 0.29) is 18.5 Å². The van der Waals surface area contributed by atoms with Crippen molar-refractivity contribution in [3.05, 3.63) is 106 Å². The van der Waals surface area contributed by atoms with Crippen LogP contribution in [0.4, 0.5) is 0 Å². The van der Waals surface area contributed by atoms with Gasteiger partial charge in [0.1, 0.15) is 6.54 Å². The maximum absolute atomic E-state index is 12.8. The lowest BCUT2D eigenvalue weighted by molar-refractivity contribution is -0.122. The molecule has 1 aromatic heterocycles. The number of rotatable bonds is 6. The molecule has 0 saturated heterocycles. The largest absolute Gasteiger partial charge is 0.420 e. The highest BCUT2D eigenvalue weighted by molar-refractivity contribution is 6.30. The van der Waals surface area contributed by atoms with Crippen molar-refractivity contribution in [3.8, 4) is 0 Å². The zero-order valence-corrected chi connectivity index (χ0v) is 16.3. The third-order valence-corrected chi connectivity index (χ3v) is 5.02. The Kier molecular flexibility index (Phi) is 5.49. The number of carbonyl (C=O) groups excluding carboxylic acids is 1. The predicted octanol–water partition coefficient (Wildman–Crippen LogP) is 4.35. The van der Waals surface area contributed by atoms with Crippen LogP contribution < -0.4 is 11.1 Å². The van der Waals surface area contributed by atoms with Gasteiger partial charge >= 0.3 is 5.76 Å². The fourth-order valence-electron chi connectivity index (χ4n) is 3.34. The van der Waals surface area contributed by atoms with Crippen molar-refractivity contribution >= 4 is 28.6 Å². The Morgan fingerprint density at radius 3 is 2.41 bits per heavy atom. The summed E-state index contributed by atoms with van der Waals surface area (Å²) in [5, 5.41) is 3.72. The van der Waals surface area contributed by atoms with Crippen molar-refractivity contribution in [1.29, 1.82) is 0 Å². The number of fused-ring (bicyclic) bond motifs is 1. The van der Waals surface area contributed by atoms with Crippen molar-refractivity contribution in [2.24, 2.45) is 0 Å². The second-order valence-corrected chi connectivity index (χ2v) is 7.22. The van der Waals surface area contributed by atoms with Gasteiger partial charge in [0, 0.05) is 5.02 Å². The van der Waals surface area contributed by atoms with Crippen LogP contribution in [0.15, 0.2) is 88.1 Å². The topological polar surface area (TPSA) is 64.2 Å². The predicted molar refractivity (Wildman–Crippen MR) is 113 cm³/mol. The van der Waals surface area contributed by atoms with Gasteiger partial charge in [0.25, 0.3) is 0 Å². The average molecular weight is 407 g/mol. The summed E-state index contributed by atoms with van der Waals surface area (Å²) >= 11 is 5.98. The Labute approximate surface area is 172 Å². The average Bonchev–Trinajstić information content (AvgIpc) is 3.05. The van der Waals surface area contributed by atoms with Gasteiger partial charge < -0.3 is 9.73 Å². The van der Waals surface area contributed by atoms with Gasteiger partial charge in [0.05, 0.1) is 11.6 Å². The van der Waals surface area contributed by atoms with Gasteiger partial charge in [0.15, 0.2) is 5.58 Å². The second kappa shape index (κ2) is 8.37. The van der Waals surface area contributed by atoms with E-state index in [0.29, 0.717) is 22.5 Å².